The SMILES string of the molecule is COC(=O)C1CCCN1C(=O)c1cc(Br)ccc1Br. The van der Waals surface area contributed by atoms with Crippen LogP contribution in [0.15, 0.2) is 27.1 Å². The number of carbonyl (C=O) groups excluding carboxylic acids is 2. The highest BCUT2D eigenvalue weighted by Crippen LogP contribution is 2.27. The standard InChI is InChI=1S/C13H13Br2NO3/c1-19-13(18)11-3-2-6-16(11)12(17)9-7-8(14)4-5-10(9)15/h4-5,7,11H,2-3,6H2,1H3. The lowest BCUT2D eigenvalue weighted by Gasteiger charge is -2.23. The van der Waals surface area contributed by atoms with Gasteiger partial charge < -0.3 is 9.64 Å². The molecule has 0 aliphatic carbocycles. The van der Waals surface area contributed by atoms with E-state index in [1.165, 1.54) is 7.11 Å². The summed E-state index contributed by atoms with van der Waals surface area (Å²) in [5.41, 5.74) is 0.546. The van der Waals surface area contributed by atoms with Crippen LogP contribution in [0.5, 0.6) is 0 Å². The zero-order valence-electron chi connectivity index (χ0n) is 10.4. The number of ether oxygens (including phenoxy) is 1. The van der Waals surface area contributed by atoms with E-state index in [4.69, 9.17) is 4.74 Å². The quantitative estimate of drug-likeness (QED) is 0.729. The second-order valence-corrected chi connectivity index (χ2v) is 6.07. The Labute approximate surface area is 128 Å². The minimum absolute atomic E-state index is 0.152. The van der Waals surface area contributed by atoms with Crippen molar-refractivity contribution in [2.24, 2.45) is 0 Å². The maximum Gasteiger partial charge on any atom is 0.328 e. The van der Waals surface area contributed by atoms with Gasteiger partial charge in [0.05, 0.1) is 12.7 Å². The van der Waals surface area contributed by atoms with Crippen molar-refractivity contribution in [1.29, 1.82) is 0 Å². The van der Waals surface area contributed by atoms with Crippen molar-refractivity contribution in [3.8, 4) is 0 Å². The number of halogens is 2. The summed E-state index contributed by atoms with van der Waals surface area (Å²) in [6.07, 6.45) is 1.47. The van der Waals surface area contributed by atoms with E-state index in [1.54, 1.807) is 17.0 Å². The van der Waals surface area contributed by atoms with Crippen LogP contribution in [-0.2, 0) is 9.53 Å². The maximum atomic E-state index is 12.5. The zero-order chi connectivity index (χ0) is 14.0. The van der Waals surface area contributed by atoms with Crippen LogP contribution < -0.4 is 0 Å². The number of hydrogen-bond acceptors (Lipinski definition) is 3. The molecule has 1 saturated heterocycles. The van der Waals surface area contributed by atoms with Crippen molar-refractivity contribution in [1.82, 2.24) is 4.90 Å². The molecule has 0 saturated carbocycles. The molecule has 0 bridgehead atoms. The van der Waals surface area contributed by atoms with Crippen LogP contribution >= 0.6 is 31.9 Å². The van der Waals surface area contributed by atoms with Crippen LogP contribution in [0, 0.1) is 0 Å². The third-order valence-electron chi connectivity index (χ3n) is 3.15. The van der Waals surface area contributed by atoms with Gasteiger partial charge in [0.2, 0.25) is 0 Å². The van der Waals surface area contributed by atoms with Gasteiger partial charge in [-0.3, -0.25) is 4.79 Å². The topological polar surface area (TPSA) is 46.6 Å². The van der Waals surface area contributed by atoms with Gasteiger partial charge in [0.25, 0.3) is 5.91 Å². The van der Waals surface area contributed by atoms with Gasteiger partial charge >= 0.3 is 5.97 Å². The zero-order valence-corrected chi connectivity index (χ0v) is 13.5. The molecule has 1 unspecified atom stereocenters. The molecular formula is C13H13Br2NO3. The fourth-order valence-corrected chi connectivity index (χ4v) is 2.98. The van der Waals surface area contributed by atoms with E-state index in [0.29, 0.717) is 18.5 Å². The first-order chi connectivity index (χ1) is 9.04. The monoisotopic (exact) mass is 389 g/mol. The van der Waals surface area contributed by atoms with Crippen LogP contribution in [-0.4, -0.2) is 36.5 Å². The summed E-state index contributed by atoms with van der Waals surface area (Å²) in [6, 6.07) is 4.94. The van der Waals surface area contributed by atoms with Gasteiger partial charge in [0.15, 0.2) is 0 Å². The van der Waals surface area contributed by atoms with Gasteiger partial charge in [-0.05, 0) is 47.0 Å². The first-order valence-corrected chi connectivity index (χ1v) is 7.47. The Bertz CT molecular complexity index is 519. The summed E-state index contributed by atoms with van der Waals surface area (Å²) in [4.78, 5) is 25.8. The third kappa shape index (κ3) is 3.00. The molecule has 1 aromatic rings. The molecule has 1 atom stereocenters. The molecule has 0 spiro atoms. The van der Waals surface area contributed by atoms with E-state index in [1.807, 2.05) is 6.07 Å². The summed E-state index contributed by atoms with van der Waals surface area (Å²) >= 11 is 6.72. The maximum absolute atomic E-state index is 12.5. The predicted molar refractivity (Wildman–Crippen MR) is 77.9 cm³/mol. The molecule has 6 heteroatoms. The molecule has 4 nitrogen and oxygen atoms in total. The van der Waals surface area contributed by atoms with Crippen molar-refractivity contribution < 1.29 is 14.3 Å². The van der Waals surface area contributed by atoms with Crippen LogP contribution in [0.3, 0.4) is 0 Å². The Kier molecular flexibility index (Phi) is 4.62. The van der Waals surface area contributed by atoms with Crippen LogP contribution in [0.2, 0.25) is 0 Å². The number of carbonyl (C=O) groups is 2. The molecule has 19 heavy (non-hydrogen) atoms. The smallest absolute Gasteiger partial charge is 0.328 e. The first-order valence-electron chi connectivity index (χ1n) is 5.88. The molecule has 1 fully saturated rings. The third-order valence-corrected chi connectivity index (χ3v) is 4.33. The molecule has 1 aliphatic heterocycles. The Morgan fingerprint density at radius 1 is 1.37 bits per heavy atom. The van der Waals surface area contributed by atoms with Crippen molar-refractivity contribution in [2.75, 3.05) is 13.7 Å². The molecule has 0 aromatic heterocycles. The number of nitrogens with zero attached hydrogens (tertiary/aromatic N) is 1. The molecule has 0 radical (unpaired) electrons. The lowest BCUT2D eigenvalue weighted by Crippen LogP contribution is -2.41. The highest BCUT2D eigenvalue weighted by Gasteiger charge is 2.35. The number of hydrogen-bond donors (Lipinski definition) is 0. The summed E-state index contributed by atoms with van der Waals surface area (Å²) < 4.78 is 6.30. The number of benzene rings is 1. The van der Waals surface area contributed by atoms with Crippen molar-refractivity contribution in [3.63, 3.8) is 0 Å². The highest BCUT2D eigenvalue weighted by atomic mass is 79.9. The minimum Gasteiger partial charge on any atom is -0.467 e. The molecule has 102 valence electrons. The molecule has 2 rings (SSSR count). The van der Waals surface area contributed by atoms with Crippen molar-refractivity contribution in [2.45, 2.75) is 18.9 Å². The molecule has 0 N–H and O–H groups in total. The normalized spacial score (nSPS) is 18.5. The lowest BCUT2D eigenvalue weighted by atomic mass is 10.1. The summed E-state index contributed by atoms with van der Waals surface area (Å²) in [6.45, 7) is 0.581. The summed E-state index contributed by atoms with van der Waals surface area (Å²) in [5, 5.41) is 0. The number of likely N-dealkylation sites (tertiary alicyclic amines) is 1. The van der Waals surface area contributed by atoms with Gasteiger partial charge in [0, 0.05) is 15.5 Å². The summed E-state index contributed by atoms with van der Waals surface area (Å²) in [7, 11) is 1.35. The Morgan fingerprint density at radius 3 is 2.79 bits per heavy atom. The van der Waals surface area contributed by atoms with Gasteiger partial charge in [0.1, 0.15) is 6.04 Å². The predicted octanol–water partition coefficient (Wildman–Crippen LogP) is 2.99. The minimum atomic E-state index is -0.469. The summed E-state index contributed by atoms with van der Waals surface area (Å²) in [5.74, 6) is -0.502. The Balaban J connectivity index is 2.28. The van der Waals surface area contributed by atoms with Crippen LogP contribution in [0.1, 0.15) is 23.2 Å². The number of esters is 1. The number of rotatable bonds is 2. The van der Waals surface area contributed by atoms with Crippen molar-refractivity contribution >= 4 is 43.7 Å². The number of amides is 1. The van der Waals surface area contributed by atoms with Gasteiger partial charge in [-0.15, -0.1) is 0 Å². The average molecular weight is 391 g/mol. The van der Waals surface area contributed by atoms with Gasteiger partial charge in [-0.2, -0.15) is 0 Å². The van der Waals surface area contributed by atoms with E-state index < -0.39 is 6.04 Å². The fraction of sp³-hybridized carbons (Fsp3) is 0.385. The average Bonchev–Trinajstić information content (AvgIpc) is 2.89. The van der Waals surface area contributed by atoms with Crippen LogP contribution in [0.4, 0.5) is 0 Å². The first kappa shape index (κ1) is 14.5. The number of methoxy groups -OCH3 is 1. The second-order valence-electron chi connectivity index (χ2n) is 4.30. The van der Waals surface area contributed by atoms with Gasteiger partial charge in [-0.1, -0.05) is 15.9 Å². The van der Waals surface area contributed by atoms with E-state index in [0.717, 1.165) is 15.4 Å². The molecular weight excluding hydrogens is 378 g/mol. The fourth-order valence-electron chi connectivity index (χ4n) is 2.21. The molecule has 1 aromatic carbocycles. The molecule has 1 heterocycles. The highest BCUT2D eigenvalue weighted by molar-refractivity contribution is 9.11. The Morgan fingerprint density at radius 2 is 2.11 bits per heavy atom. The van der Waals surface area contributed by atoms with E-state index in [-0.39, 0.29) is 11.9 Å². The largest absolute Gasteiger partial charge is 0.467 e. The van der Waals surface area contributed by atoms with Crippen molar-refractivity contribution in [3.05, 3.63) is 32.7 Å². The van der Waals surface area contributed by atoms with Crippen LogP contribution in [0.25, 0.3) is 0 Å². The lowest BCUT2D eigenvalue weighted by molar-refractivity contribution is -0.145. The Hall–Kier alpha value is -0.880. The molecule has 1 amide bonds. The second kappa shape index (κ2) is 6.05. The van der Waals surface area contributed by atoms with E-state index in [9.17, 15) is 9.59 Å². The van der Waals surface area contributed by atoms with Gasteiger partial charge in [-0.25, -0.2) is 4.79 Å². The molecule has 1 aliphatic rings. The van der Waals surface area contributed by atoms with E-state index in [2.05, 4.69) is 31.9 Å². The van der Waals surface area contributed by atoms with E-state index >= 15 is 0 Å².